The first kappa shape index (κ1) is 21.1. The van der Waals surface area contributed by atoms with Gasteiger partial charge in [-0.05, 0) is 60.9 Å². The number of carbonyl (C=O) groups is 3. The topological polar surface area (TPSA) is 66.5 Å². The lowest BCUT2D eigenvalue weighted by molar-refractivity contribution is -0.147. The molecule has 2 aromatic rings. The van der Waals surface area contributed by atoms with Gasteiger partial charge in [0.05, 0.1) is 11.8 Å². The minimum atomic E-state index is -0.884. The van der Waals surface area contributed by atoms with Crippen LogP contribution in [0.4, 0.5) is 5.69 Å². The standard InChI is InChI=1S/C26H25BrN2O3/c1-14-11-20(15(2)10-19(14)27)28-24(30)21(12-16-6-4-3-5-7-16)29-25(31)22-17-8-9-18(13-17)23(22)26(29)32/h3-11,17-18,21-23H,12-13H2,1-2H3,(H,28,30)/t17-,18-,21+,22-,23+/m0/s1. The van der Waals surface area contributed by atoms with Gasteiger partial charge < -0.3 is 5.32 Å². The summed E-state index contributed by atoms with van der Waals surface area (Å²) >= 11 is 3.52. The van der Waals surface area contributed by atoms with E-state index in [9.17, 15) is 14.4 Å². The van der Waals surface area contributed by atoms with Gasteiger partial charge in [-0.25, -0.2) is 0 Å². The molecule has 0 unspecified atom stereocenters. The van der Waals surface area contributed by atoms with Crippen LogP contribution in [-0.4, -0.2) is 28.7 Å². The zero-order valence-electron chi connectivity index (χ0n) is 18.0. The van der Waals surface area contributed by atoms with Crippen molar-refractivity contribution >= 4 is 39.3 Å². The maximum atomic E-state index is 13.6. The lowest BCUT2D eigenvalue weighted by Crippen LogP contribution is -2.49. The molecule has 6 heteroatoms. The Bertz CT molecular complexity index is 1110. The molecule has 2 fully saturated rings. The number of nitrogens with one attached hydrogen (secondary N) is 1. The van der Waals surface area contributed by atoms with Crippen LogP contribution in [0.2, 0.25) is 0 Å². The van der Waals surface area contributed by atoms with Crippen molar-refractivity contribution in [2.75, 3.05) is 5.32 Å². The highest BCUT2D eigenvalue weighted by atomic mass is 79.9. The molecule has 5 rings (SSSR count). The van der Waals surface area contributed by atoms with E-state index in [4.69, 9.17) is 0 Å². The van der Waals surface area contributed by atoms with Crippen LogP contribution in [0.3, 0.4) is 0 Å². The Morgan fingerprint density at radius 1 is 1.03 bits per heavy atom. The van der Waals surface area contributed by atoms with Gasteiger partial charge in [0.25, 0.3) is 0 Å². The zero-order valence-corrected chi connectivity index (χ0v) is 19.6. The van der Waals surface area contributed by atoms with E-state index in [0.29, 0.717) is 12.1 Å². The molecule has 3 amide bonds. The minimum absolute atomic E-state index is 0.114. The summed E-state index contributed by atoms with van der Waals surface area (Å²) in [4.78, 5) is 41.7. The van der Waals surface area contributed by atoms with Crippen molar-refractivity contribution in [1.29, 1.82) is 0 Å². The molecule has 5 atom stereocenters. The molecule has 5 nitrogen and oxygen atoms in total. The van der Waals surface area contributed by atoms with Crippen LogP contribution in [0, 0.1) is 37.5 Å². The Labute approximate surface area is 196 Å². The third-order valence-electron chi connectivity index (χ3n) is 7.15. The normalized spacial score (nSPS) is 26.5. The third kappa shape index (κ3) is 3.41. The Morgan fingerprint density at radius 3 is 2.28 bits per heavy atom. The Kier molecular flexibility index (Phi) is 5.28. The second-order valence-corrected chi connectivity index (χ2v) is 10.0. The van der Waals surface area contributed by atoms with Crippen LogP contribution in [0.25, 0.3) is 0 Å². The highest BCUT2D eigenvalue weighted by molar-refractivity contribution is 9.10. The van der Waals surface area contributed by atoms with Gasteiger partial charge in [-0.3, -0.25) is 19.3 Å². The van der Waals surface area contributed by atoms with Crippen molar-refractivity contribution in [3.05, 3.63) is 75.8 Å². The molecule has 1 aliphatic heterocycles. The van der Waals surface area contributed by atoms with Crippen molar-refractivity contribution < 1.29 is 14.4 Å². The Morgan fingerprint density at radius 2 is 1.66 bits per heavy atom. The molecule has 0 radical (unpaired) electrons. The number of aryl methyl sites for hydroxylation is 2. The van der Waals surface area contributed by atoms with E-state index in [2.05, 4.69) is 33.4 Å². The monoisotopic (exact) mass is 492 g/mol. The summed E-state index contributed by atoms with van der Waals surface area (Å²) in [5, 5.41) is 3.00. The molecular weight excluding hydrogens is 468 g/mol. The number of allylic oxidation sites excluding steroid dienone is 2. The van der Waals surface area contributed by atoms with Gasteiger partial charge in [0.2, 0.25) is 17.7 Å². The molecule has 0 aromatic heterocycles. The van der Waals surface area contributed by atoms with E-state index in [-0.39, 0.29) is 41.4 Å². The summed E-state index contributed by atoms with van der Waals surface area (Å²) in [6.07, 6.45) is 5.30. The van der Waals surface area contributed by atoms with Gasteiger partial charge in [0.1, 0.15) is 6.04 Å². The summed E-state index contributed by atoms with van der Waals surface area (Å²) in [6, 6.07) is 12.5. The fourth-order valence-corrected chi connectivity index (χ4v) is 5.96. The number of rotatable bonds is 5. The molecule has 164 valence electrons. The fourth-order valence-electron chi connectivity index (χ4n) is 5.50. The first-order valence-electron chi connectivity index (χ1n) is 11.0. The van der Waals surface area contributed by atoms with E-state index in [0.717, 1.165) is 27.6 Å². The summed E-state index contributed by atoms with van der Waals surface area (Å²) in [7, 11) is 0. The average molecular weight is 493 g/mol. The van der Waals surface area contributed by atoms with Gasteiger partial charge >= 0.3 is 0 Å². The molecule has 32 heavy (non-hydrogen) atoms. The first-order valence-corrected chi connectivity index (χ1v) is 11.8. The predicted molar refractivity (Wildman–Crippen MR) is 126 cm³/mol. The highest BCUT2D eigenvalue weighted by Gasteiger charge is 2.61. The van der Waals surface area contributed by atoms with E-state index in [1.165, 1.54) is 4.90 Å². The summed E-state index contributed by atoms with van der Waals surface area (Å²) < 4.78 is 0.967. The fraction of sp³-hybridized carbons (Fsp3) is 0.346. The predicted octanol–water partition coefficient (Wildman–Crippen LogP) is 4.42. The van der Waals surface area contributed by atoms with Crippen LogP contribution >= 0.6 is 15.9 Å². The number of carbonyl (C=O) groups excluding carboxylic acids is 3. The largest absolute Gasteiger partial charge is 0.324 e. The van der Waals surface area contributed by atoms with Crippen LogP contribution in [0.15, 0.2) is 59.1 Å². The molecule has 2 bridgehead atoms. The molecule has 1 saturated carbocycles. The minimum Gasteiger partial charge on any atom is -0.324 e. The van der Waals surface area contributed by atoms with Crippen LogP contribution in [-0.2, 0) is 20.8 Å². The maximum Gasteiger partial charge on any atom is 0.248 e. The lowest BCUT2D eigenvalue weighted by atomic mass is 9.85. The Balaban J connectivity index is 1.47. The van der Waals surface area contributed by atoms with Crippen molar-refractivity contribution in [3.63, 3.8) is 0 Å². The van der Waals surface area contributed by atoms with Crippen molar-refractivity contribution in [2.24, 2.45) is 23.7 Å². The summed E-state index contributed by atoms with van der Waals surface area (Å²) in [5.41, 5.74) is 3.51. The lowest BCUT2D eigenvalue weighted by Gasteiger charge is -2.27. The van der Waals surface area contributed by atoms with Crippen molar-refractivity contribution in [1.82, 2.24) is 4.90 Å². The molecule has 1 heterocycles. The SMILES string of the molecule is Cc1cc(NC(=O)[C@@H](Cc2ccccc2)N2C(=O)[C@@H]3[C@H](C2=O)[C@H]2C=C[C@H]3C2)c(C)cc1Br. The first-order chi connectivity index (χ1) is 15.3. The number of anilines is 1. The highest BCUT2D eigenvalue weighted by Crippen LogP contribution is 2.53. The Hall–Kier alpha value is -2.73. The molecule has 1 N–H and O–H groups in total. The number of fused-ring (bicyclic) bond motifs is 5. The molecular formula is C26H25BrN2O3. The van der Waals surface area contributed by atoms with Crippen LogP contribution in [0.1, 0.15) is 23.1 Å². The van der Waals surface area contributed by atoms with Crippen LogP contribution in [0.5, 0.6) is 0 Å². The number of benzene rings is 2. The number of likely N-dealkylation sites (tertiary alicyclic amines) is 1. The van der Waals surface area contributed by atoms with E-state index in [1.54, 1.807) is 0 Å². The van der Waals surface area contributed by atoms with Gasteiger partial charge in [-0.15, -0.1) is 0 Å². The smallest absolute Gasteiger partial charge is 0.248 e. The van der Waals surface area contributed by atoms with E-state index < -0.39 is 6.04 Å². The van der Waals surface area contributed by atoms with Crippen LogP contribution < -0.4 is 5.32 Å². The second-order valence-electron chi connectivity index (χ2n) is 9.16. The van der Waals surface area contributed by atoms with Crippen molar-refractivity contribution in [3.8, 4) is 0 Å². The van der Waals surface area contributed by atoms with Crippen molar-refractivity contribution in [2.45, 2.75) is 32.7 Å². The molecule has 3 aliphatic rings. The zero-order chi connectivity index (χ0) is 22.6. The summed E-state index contributed by atoms with van der Waals surface area (Å²) in [5.74, 6) is -1.14. The van der Waals surface area contributed by atoms with Gasteiger partial charge in [-0.1, -0.05) is 58.4 Å². The van der Waals surface area contributed by atoms with Gasteiger partial charge in [0.15, 0.2) is 0 Å². The number of amides is 3. The number of imide groups is 1. The third-order valence-corrected chi connectivity index (χ3v) is 8.01. The molecule has 1 saturated heterocycles. The van der Waals surface area contributed by atoms with Gasteiger partial charge in [-0.2, -0.15) is 0 Å². The quantitative estimate of drug-likeness (QED) is 0.496. The molecule has 2 aliphatic carbocycles. The average Bonchev–Trinajstić information content (AvgIpc) is 3.45. The number of halogens is 1. The number of hydrogen-bond donors (Lipinski definition) is 1. The number of nitrogens with zero attached hydrogens (tertiary/aromatic N) is 1. The molecule has 0 spiro atoms. The van der Waals surface area contributed by atoms with Gasteiger partial charge in [0, 0.05) is 16.6 Å². The molecule has 2 aromatic carbocycles. The second kappa shape index (κ2) is 8.00. The summed E-state index contributed by atoms with van der Waals surface area (Å²) in [6.45, 7) is 3.88. The van der Waals surface area contributed by atoms with E-state index in [1.807, 2.05) is 56.3 Å². The van der Waals surface area contributed by atoms with E-state index >= 15 is 0 Å². The number of hydrogen-bond acceptors (Lipinski definition) is 3. The maximum absolute atomic E-state index is 13.6.